The van der Waals surface area contributed by atoms with E-state index < -0.39 is 11.7 Å². The summed E-state index contributed by atoms with van der Waals surface area (Å²) in [6.07, 6.45) is 0. The molecule has 4 rings (SSSR count). The Morgan fingerprint density at radius 1 is 1.28 bits per heavy atom. The molecule has 0 fully saturated rings. The van der Waals surface area contributed by atoms with Gasteiger partial charge in [-0.05, 0) is 36.6 Å². The van der Waals surface area contributed by atoms with E-state index in [0.717, 1.165) is 17.0 Å². The van der Waals surface area contributed by atoms with Gasteiger partial charge in [0, 0.05) is 17.8 Å². The first kappa shape index (κ1) is 19.0. The summed E-state index contributed by atoms with van der Waals surface area (Å²) in [6, 6.07) is 10.3. The van der Waals surface area contributed by atoms with Gasteiger partial charge in [0.25, 0.3) is 11.5 Å². The summed E-state index contributed by atoms with van der Waals surface area (Å²) in [5.41, 5.74) is 0.837. The van der Waals surface area contributed by atoms with Crippen LogP contribution in [0.5, 0.6) is 0 Å². The van der Waals surface area contributed by atoms with Gasteiger partial charge >= 0.3 is 0 Å². The molecule has 0 radical (unpaired) electrons. The van der Waals surface area contributed by atoms with Crippen LogP contribution in [0.2, 0.25) is 5.02 Å². The zero-order valence-electron chi connectivity index (χ0n) is 14.9. The Morgan fingerprint density at radius 3 is 2.79 bits per heavy atom. The fourth-order valence-electron chi connectivity index (χ4n) is 2.70. The number of hydrogen-bond acceptors (Lipinski definition) is 5. The largest absolute Gasteiger partial charge is 0.306 e. The lowest BCUT2D eigenvalue weighted by molar-refractivity contribution is 0.102. The summed E-state index contributed by atoms with van der Waals surface area (Å²) in [4.78, 5) is 32.4. The van der Waals surface area contributed by atoms with E-state index in [1.165, 1.54) is 28.2 Å². The maximum absolute atomic E-state index is 13.3. The van der Waals surface area contributed by atoms with Gasteiger partial charge in [-0.1, -0.05) is 17.7 Å². The van der Waals surface area contributed by atoms with Crippen LogP contribution in [0.15, 0.2) is 52.6 Å². The molecule has 0 saturated heterocycles. The lowest BCUT2D eigenvalue weighted by Gasteiger charge is -2.09. The number of aryl methyl sites for hydroxylation is 1. The molecule has 1 amide bonds. The van der Waals surface area contributed by atoms with Gasteiger partial charge in [-0.25, -0.2) is 9.37 Å². The summed E-state index contributed by atoms with van der Waals surface area (Å²) >= 11 is 7.47. The number of nitrogens with zero attached hydrogens (tertiary/aromatic N) is 3. The maximum Gasteiger partial charge on any atom is 0.258 e. The molecule has 0 atom stereocenters. The average Bonchev–Trinajstić information content (AvgIpc) is 3.30. The third-order valence-electron chi connectivity index (χ3n) is 3.96. The molecule has 4 aromatic rings. The van der Waals surface area contributed by atoms with E-state index in [0.29, 0.717) is 11.4 Å². The number of H-pyrrole nitrogens is 1. The Balaban J connectivity index is 1.78. The second kappa shape index (κ2) is 7.61. The normalized spacial score (nSPS) is 10.9. The van der Waals surface area contributed by atoms with Gasteiger partial charge in [0.15, 0.2) is 0 Å². The third-order valence-corrected chi connectivity index (χ3v) is 5.16. The van der Waals surface area contributed by atoms with Crippen molar-refractivity contribution in [3.8, 4) is 16.5 Å². The highest BCUT2D eigenvalue weighted by Crippen LogP contribution is 2.28. The number of halogens is 2. The highest BCUT2D eigenvalue weighted by atomic mass is 35.5. The van der Waals surface area contributed by atoms with Gasteiger partial charge in [-0.15, -0.1) is 11.3 Å². The second-order valence-corrected chi connectivity index (χ2v) is 7.45. The van der Waals surface area contributed by atoms with E-state index in [9.17, 15) is 14.0 Å². The van der Waals surface area contributed by atoms with Crippen molar-refractivity contribution in [1.82, 2.24) is 19.7 Å². The van der Waals surface area contributed by atoms with Crippen LogP contribution in [-0.4, -0.2) is 25.7 Å². The number of thiophene rings is 1. The smallest absolute Gasteiger partial charge is 0.258 e. The van der Waals surface area contributed by atoms with Crippen molar-refractivity contribution >= 4 is 34.7 Å². The molecule has 0 bridgehead atoms. The van der Waals surface area contributed by atoms with E-state index in [-0.39, 0.29) is 27.9 Å². The van der Waals surface area contributed by atoms with Crippen LogP contribution >= 0.6 is 22.9 Å². The Bertz CT molecular complexity index is 1270. The third kappa shape index (κ3) is 3.96. The van der Waals surface area contributed by atoms with Crippen molar-refractivity contribution in [2.75, 3.05) is 5.32 Å². The van der Waals surface area contributed by atoms with Gasteiger partial charge in [-0.3, -0.25) is 14.6 Å². The number of benzene rings is 1. The summed E-state index contributed by atoms with van der Waals surface area (Å²) in [5, 5.41) is 9.06. The molecule has 10 heteroatoms. The fraction of sp³-hybridized carbons (Fsp3) is 0.0526. The van der Waals surface area contributed by atoms with Gasteiger partial charge in [0.2, 0.25) is 5.95 Å². The van der Waals surface area contributed by atoms with Gasteiger partial charge in [-0.2, -0.15) is 9.78 Å². The van der Waals surface area contributed by atoms with Crippen LogP contribution < -0.4 is 10.9 Å². The molecule has 2 N–H and O–H groups in total. The Hall–Kier alpha value is -3.30. The van der Waals surface area contributed by atoms with Crippen molar-refractivity contribution in [1.29, 1.82) is 0 Å². The molecular formula is C19H13ClFN5O2S. The van der Waals surface area contributed by atoms with E-state index in [4.69, 9.17) is 11.6 Å². The Labute approximate surface area is 172 Å². The standard InChI is InChI=1S/C19H13ClFN5O2S/c1-10-7-17(27)24-19(22-10)26-16(9-14(25-26)15-3-2-6-29-15)23-18(28)12-5-4-11(21)8-13(12)20/h2-9H,1H3,(H,23,28)(H,22,24,27). The minimum Gasteiger partial charge on any atom is -0.306 e. The van der Waals surface area contributed by atoms with Crippen molar-refractivity contribution in [3.05, 3.63) is 80.3 Å². The number of hydrogen-bond donors (Lipinski definition) is 2. The van der Waals surface area contributed by atoms with Crippen LogP contribution in [0.1, 0.15) is 16.1 Å². The van der Waals surface area contributed by atoms with Gasteiger partial charge in [0.05, 0.1) is 15.5 Å². The number of carbonyl (C=O) groups is 1. The topological polar surface area (TPSA) is 92.7 Å². The van der Waals surface area contributed by atoms with E-state index >= 15 is 0 Å². The molecule has 0 aliphatic carbocycles. The molecule has 0 saturated carbocycles. The number of amides is 1. The van der Waals surface area contributed by atoms with E-state index in [1.807, 2.05) is 17.5 Å². The van der Waals surface area contributed by atoms with Gasteiger partial charge < -0.3 is 5.32 Å². The second-order valence-electron chi connectivity index (χ2n) is 6.09. The van der Waals surface area contributed by atoms with Crippen molar-refractivity contribution in [3.63, 3.8) is 0 Å². The maximum atomic E-state index is 13.3. The summed E-state index contributed by atoms with van der Waals surface area (Å²) in [5.74, 6) is -0.673. The Kier molecular flexibility index (Phi) is 4.99. The van der Waals surface area contributed by atoms with Crippen molar-refractivity contribution in [2.45, 2.75) is 6.92 Å². The number of rotatable bonds is 4. The number of aromatic nitrogens is 4. The molecule has 0 aliphatic rings. The highest BCUT2D eigenvalue weighted by molar-refractivity contribution is 7.13. The first-order valence-electron chi connectivity index (χ1n) is 8.39. The fourth-order valence-corrected chi connectivity index (χ4v) is 3.63. The number of carbonyl (C=O) groups excluding carboxylic acids is 1. The molecule has 7 nitrogen and oxygen atoms in total. The number of aromatic amines is 1. The van der Waals surface area contributed by atoms with Gasteiger partial charge in [0.1, 0.15) is 17.3 Å². The van der Waals surface area contributed by atoms with Crippen molar-refractivity contribution in [2.24, 2.45) is 0 Å². The Morgan fingerprint density at radius 2 is 2.10 bits per heavy atom. The van der Waals surface area contributed by atoms with Crippen LogP contribution in [0, 0.1) is 12.7 Å². The predicted molar refractivity (Wildman–Crippen MR) is 109 cm³/mol. The molecule has 0 aliphatic heterocycles. The monoisotopic (exact) mass is 429 g/mol. The number of anilines is 1. The lowest BCUT2D eigenvalue weighted by Crippen LogP contribution is -2.19. The zero-order chi connectivity index (χ0) is 20.5. The lowest BCUT2D eigenvalue weighted by atomic mass is 10.2. The molecular weight excluding hydrogens is 417 g/mol. The predicted octanol–water partition coefficient (Wildman–Crippen LogP) is 4.04. The SMILES string of the molecule is Cc1cc(=O)[nH]c(-n2nc(-c3cccs3)cc2NC(=O)c2ccc(F)cc2Cl)n1. The summed E-state index contributed by atoms with van der Waals surface area (Å²) in [7, 11) is 0. The molecule has 0 unspecified atom stereocenters. The molecule has 3 aromatic heterocycles. The minimum atomic E-state index is -0.552. The summed E-state index contributed by atoms with van der Waals surface area (Å²) < 4.78 is 14.6. The summed E-state index contributed by atoms with van der Waals surface area (Å²) in [6.45, 7) is 1.68. The van der Waals surface area contributed by atoms with Crippen LogP contribution in [0.4, 0.5) is 10.2 Å². The van der Waals surface area contributed by atoms with Crippen LogP contribution in [0.3, 0.4) is 0 Å². The van der Waals surface area contributed by atoms with Crippen LogP contribution in [-0.2, 0) is 0 Å². The highest BCUT2D eigenvalue weighted by Gasteiger charge is 2.18. The quantitative estimate of drug-likeness (QED) is 0.512. The zero-order valence-corrected chi connectivity index (χ0v) is 16.5. The van der Waals surface area contributed by atoms with E-state index in [1.54, 1.807) is 13.0 Å². The molecule has 0 spiro atoms. The molecule has 146 valence electrons. The minimum absolute atomic E-state index is 0.0193. The molecule has 1 aromatic carbocycles. The average molecular weight is 430 g/mol. The van der Waals surface area contributed by atoms with Crippen molar-refractivity contribution < 1.29 is 9.18 Å². The molecule has 29 heavy (non-hydrogen) atoms. The molecule has 3 heterocycles. The number of nitrogens with one attached hydrogen (secondary N) is 2. The first-order valence-corrected chi connectivity index (χ1v) is 9.65. The van der Waals surface area contributed by atoms with Crippen LogP contribution in [0.25, 0.3) is 16.5 Å². The first-order chi connectivity index (χ1) is 13.9. The van der Waals surface area contributed by atoms with E-state index in [2.05, 4.69) is 20.4 Å².